The van der Waals surface area contributed by atoms with E-state index in [1.54, 1.807) is 13.0 Å². The predicted molar refractivity (Wildman–Crippen MR) is 115 cm³/mol. The van der Waals surface area contributed by atoms with Crippen molar-refractivity contribution in [3.63, 3.8) is 0 Å². The molecule has 0 fully saturated rings. The summed E-state index contributed by atoms with van der Waals surface area (Å²) in [4.78, 5) is 10.8. The van der Waals surface area contributed by atoms with E-state index >= 15 is 0 Å². The SMILES string of the molecule is C=C(C)C(=O)OC(C)(C)C.C=Cc1ccccc1.OC=Cc1ccccc1. The molecule has 3 nitrogen and oxygen atoms in total. The van der Waals surface area contributed by atoms with Crippen LogP contribution in [-0.2, 0) is 9.53 Å². The molecule has 3 heteroatoms. The molecule has 2 aromatic carbocycles. The van der Waals surface area contributed by atoms with Crippen LogP contribution in [0.5, 0.6) is 0 Å². The van der Waals surface area contributed by atoms with Crippen LogP contribution in [0, 0.1) is 0 Å². The molecular formula is C24H30O3. The van der Waals surface area contributed by atoms with Gasteiger partial charge in [-0.05, 0) is 44.9 Å². The van der Waals surface area contributed by atoms with Crippen molar-refractivity contribution in [3.8, 4) is 0 Å². The van der Waals surface area contributed by atoms with Crippen molar-refractivity contribution in [2.75, 3.05) is 0 Å². The lowest BCUT2D eigenvalue weighted by atomic mass is 10.2. The van der Waals surface area contributed by atoms with Gasteiger partial charge in [-0.2, -0.15) is 0 Å². The molecule has 2 aromatic rings. The topological polar surface area (TPSA) is 46.5 Å². The van der Waals surface area contributed by atoms with Crippen LogP contribution < -0.4 is 0 Å². The Morgan fingerprint density at radius 1 is 0.963 bits per heavy atom. The first-order chi connectivity index (χ1) is 12.7. The number of aliphatic hydroxyl groups is 1. The van der Waals surface area contributed by atoms with Crippen LogP contribution in [-0.4, -0.2) is 16.7 Å². The Balaban J connectivity index is 0.000000377. The summed E-state index contributed by atoms with van der Waals surface area (Å²) in [5.74, 6) is -0.326. The highest BCUT2D eigenvalue weighted by Crippen LogP contribution is 2.09. The van der Waals surface area contributed by atoms with Crippen LogP contribution >= 0.6 is 0 Å². The monoisotopic (exact) mass is 366 g/mol. The molecule has 0 amide bonds. The van der Waals surface area contributed by atoms with Gasteiger partial charge in [0.05, 0.1) is 6.26 Å². The molecule has 0 aromatic heterocycles. The maximum atomic E-state index is 10.8. The third-order valence-corrected chi connectivity index (χ3v) is 2.85. The van der Waals surface area contributed by atoms with Gasteiger partial charge in [-0.25, -0.2) is 4.79 Å². The highest BCUT2D eigenvalue weighted by Gasteiger charge is 2.15. The summed E-state index contributed by atoms with van der Waals surface area (Å²) < 4.78 is 4.96. The van der Waals surface area contributed by atoms with Crippen molar-refractivity contribution in [1.82, 2.24) is 0 Å². The Morgan fingerprint density at radius 2 is 1.41 bits per heavy atom. The zero-order chi connectivity index (χ0) is 20.7. The summed E-state index contributed by atoms with van der Waals surface area (Å²) in [6.45, 7) is 14.2. The Bertz CT molecular complexity index is 708. The molecule has 0 aliphatic carbocycles. The first kappa shape index (κ1) is 23.9. The van der Waals surface area contributed by atoms with E-state index in [1.165, 1.54) is 5.56 Å². The summed E-state index contributed by atoms with van der Waals surface area (Å²) in [5.41, 5.74) is 2.22. The smallest absolute Gasteiger partial charge is 0.333 e. The van der Waals surface area contributed by atoms with Crippen LogP contribution in [0.1, 0.15) is 38.8 Å². The minimum Gasteiger partial charge on any atom is -0.516 e. The average Bonchev–Trinajstić information content (AvgIpc) is 2.63. The molecule has 0 spiro atoms. The fourth-order valence-corrected chi connectivity index (χ4v) is 1.60. The van der Waals surface area contributed by atoms with Crippen LogP contribution in [0.2, 0.25) is 0 Å². The standard InChI is InChI=1S/C8H14O2.C8H8O.C8H8/c1-6(2)7(9)10-8(3,4)5;9-7-6-8-4-2-1-3-5-8;1-2-8-6-4-3-5-7-8/h1H2,2-5H3;1-7,9H;2-7H,1H2. The van der Waals surface area contributed by atoms with Crippen molar-refractivity contribution < 1.29 is 14.6 Å². The molecule has 0 heterocycles. The van der Waals surface area contributed by atoms with Gasteiger partial charge in [-0.3, -0.25) is 0 Å². The van der Waals surface area contributed by atoms with Gasteiger partial charge in [0.25, 0.3) is 0 Å². The summed E-state index contributed by atoms with van der Waals surface area (Å²) in [5, 5.41) is 8.34. The van der Waals surface area contributed by atoms with Crippen LogP contribution in [0.25, 0.3) is 12.2 Å². The van der Waals surface area contributed by atoms with E-state index in [0.29, 0.717) is 5.57 Å². The fraction of sp³-hybridized carbons (Fsp3) is 0.208. The van der Waals surface area contributed by atoms with Crippen molar-refractivity contribution in [2.24, 2.45) is 0 Å². The first-order valence-electron chi connectivity index (χ1n) is 8.61. The molecule has 27 heavy (non-hydrogen) atoms. The second-order valence-corrected chi connectivity index (χ2v) is 6.62. The summed E-state index contributed by atoms with van der Waals surface area (Å²) in [6, 6.07) is 19.7. The molecule has 0 aliphatic heterocycles. The van der Waals surface area contributed by atoms with E-state index in [-0.39, 0.29) is 5.97 Å². The lowest BCUT2D eigenvalue weighted by molar-refractivity contribution is -0.149. The fourth-order valence-electron chi connectivity index (χ4n) is 1.60. The largest absolute Gasteiger partial charge is 0.516 e. The van der Waals surface area contributed by atoms with Gasteiger partial charge in [-0.1, -0.05) is 79.9 Å². The number of rotatable bonds is 3. The van der Waals surface area contributed by atoms with Gasteiger partial charge < -0.3 is 9.84 Å². The maximum absolute atomic E-state index is 10.8. The number of ether oxygens (including phenoxy) is 1. The molecule has 0 bridgehead atoms. The van der Waals surface area contributed by atoms with Crippen molar-refractivity contribution >= 4 is 18.1 Å². The summed E-state index contributed by atoms with van der Waals surface area (Å²) >= 11 is 0. The Hall–Kier alpha value is -3.07. The van der Waals surface area contributed by atoms with Crippen molar-refractivity contribution in [2.45, 2.75) is 33.3 Å². The zero-order valence-corrected chi connectivity index (χ0v) is 16.7. The minimum absolute atomic E-state index is 0.326. The van der Waals surface area contributed by atoms with Gasteiger partial charge in [0.2, 0.25) is 0 Å². The molecule has 0 saturated carbocycles. The van der Waals surface area contributed by atoms with Crippen molar-refractivity contribution in [3.05, 3.63) is 96.8 Å². The van der Waals surface area contributed by atoms with E-state index in [1.807, 2.05) is 87.5 Å². The number of hydrogen-bond donors (Lipinski definition) is 1. The Morgan fingerprint density at radius 3 is 1.67 bits per heavy atom. The number of carbonyl (C=O) groups excluding carboxylic acids is 1. The van der Waals surface area contributed by atoms with Crippen LogP contribution in [0.4, 0.5) is 0 Å². The van der Waals surface area contributed by atoms with E-state index < -0.39 is 5.60 Å². The summed E-state index contributed by atoms with van der Waals surface area (Å²) in [7, 11) is 0. The molecule has 2 rings (SSSR count). The van der Waals surface area contributed by atoms with Crippen molar-refractivity contribution in [1.29, 1.82) is 0 Å². The second kappa shape index (κ2) is 13.2. The third-order valence-electron chi connectivity index (χ3n) is 2.85. The molecule has 1 N–H and O–H groups in total. The Kier molecular flexibility index (Phi) is 11.7. The molecular weight excluding hydrogens is 336 g/mol. The van der Waals surface area contributed by atoms with Gasteiger partial charge in [0.1, 0.15) is 5.60 Å². The van der Waals surface area contributed by atoms with Gasteiger partial charge in [0.15, 0.2) is 0 Å². The van der Waals surface area contributed by atoms with E-state index in [0.717, 1.165) is 11.8 Å². The van der Waals surface area contributed by atoms with Gasteiger partial charge in [0, 0.05) is 5.57 Å². The number of esters is 1. The van der Waals surface area contributed by atoms with Crippen LogP contribution in [0.3, 0.4) is 0 Å². The van der Waals surface area contributed by atoms with E-state index in [4.69, 9.17) is 9.84 Å². The lowest BCUT2D eigenvalue weighted by Crippen LogP contribution is -2.23. The normalized spacial score (nSPS) is 9.93. The van der Waals surface area contributed by atoms with E-state index in [9.17, 15) is 4.79 Å². The molecule has 0 aliphatic rings. The number of benzene rings is 2. The molecule has 0 radical (unpaired) electrons. The summed E-state index contributed by atoms with van der Waals surface area (Å²) in [6.07, 6.45) is 4.51. The number of hydrogen-bond acceptors (Lipinski definition) is 3. The predicted octanol–water partition coefficient (Wildman–Crippen LogP) is 6.45. The minimum atomic E-state index is -0.407. The lowest BCUT2D eigenvalue weighted by Gasteiger charge is -2.19. The molecule has 0 saturated heterocycles. The van der Waals surface area contributed by atoms with Crippen LogP contribution in [0.15, 0.2) is 85.7 Å². The number of carbonyl (C=O) groups is 1. The average molecular weight is 367 g/mol. The highest BCUT2D eigenvalue weighted by atomic mass is 16.6. The molecule has 144 valence electrons. The van der Waals surface area contributed by atoms with E-state index in [2.05, 4.69) is 13.2 Å². The quantitative estimate of drug-likeness (QED) is 0.386. The third kappa shape index (κ3) is 13.9. The Labute approximate surface area is 163 Å². The number of aliphatic hydroxyl groups excluding tert-OH is 1. The highest BCUT2D eigenvalue weighted by molar-refractivity contribution is 5.87. The second-order valence-electron chi connectivity index (χ2n) is 6.62. The molecule has 0 unspecified atom stereocenters. The molecule has 0 atom stereocenters. The first-order valence-corrected chi connectivity index (χ1v) is 8.61. The van der Waals surface area contributed by atoms with Gasteiger partial charge in [-0.15, -0.1) is 0 Å². The zero-order valence-electron chi connectivity index (χ0n) is 16.7. The maximum Gasteiger partial charge on any atom is 0.333 e. The van der Waals surface area contributed by atoms with Gasteiger partial charge >= 0.3 is 5.97 Å².